The van der Waals surface area contributed by atoms with E-state index in [1.54, 1.807) is 10.9 Å². The monoisotopic (exact) mass is 619 g/mol. The van der Waals surface area contributed by atoms with Gasteiger partial charge >= 0.3 is 6.18 Å². The zero-order valence-corrected chi connectivity index (χ0v) is 23.3. The summed E-state index contributed by atoms with van der Waals surface area (Å²) >= 11 is 0. The molecule has 1 aliphatic carbocycles. The number of benzene rings is 2. The number of hydrogen-bond acceptors (Lipinski definition) is 7. The first-order valence-electron chi connectivity index (χ1n) is 13.4. The quantitative estimate of drug-likeness (QED) is 0.224. The maximum absolute atomic E-state index is 14.8. The summed E-state index contributed by atoms with van der Waals surface area (Å²) in [6, 6.07) is 6.07. The third-order valence-electron chi connectivity index (χ3n) is 7.12. The molecule has 1 aliphatic rings. The van der Waals surface area contributed by atoms with Gasteiger partial charge in [0.05, 0.1) is 43.1 Å². The molecule has 5 rings (SSSR count). The van der Waals surface area contributed by atoms with Crippen molar-refractivity contribution in [2.24, 2.45) is 5.73 Å². The Hall–Kier alpha value is -4.79. The number of rotatable bonds is 10. The fourth-order valence-corrected chi connectivity index (χ4v) is 4.69. The third-order valence-corrected chi connectivity index (χ3v) is 7.12. The number of pyridine rings is 1. The lowest BCUT2D eigenvalue weighted by molar-refractivity contribution is -0.265. The van der Waals surface area contributed by atoms with E-state index in [0.717, 1.165) is 31.0 Å². The molecule has 0 saturated heterocycles. The average molecular weight is 620 g/mol. The molecule has 232 valence electrons. The van der Waals surface area contributed by atoms with E-state index in [1.807, 2.05) is 5.32 Å². The first kappa shape index (κ1) is 30.7. The number of carbonyl (C=O) groups is 2. The van der Waals surface area contributed by atoms with Crippen LogP contribution < -0.4 is 20.5 Å². The van der Waals surface area contributed by atoms with E-state index in [9.17, 15) is 36.6 Å². The summed E-state index contributed by atoms with van der Waals surface area (Å²) in [4.78, 5) is 29.2. The first-order valence-corrected chi connectivity index (χ1v) is 13.4. The summed E-state index contributed by atoms with van der Waals surface area (Å²) in [5.41, 5.74) is -1.96. The number of fused-ring (bicyclic) bond motifs is 1. The lowest BCUT2D eigenvalue weighted by Gasteiger charge is -2.31. The summed E-state index contributed by atoms with van der Waals surface area (Å²) in [5.74, 6) is -5.19. The fraction of sp³-hybridized carbons (Fsp3) is 0.310. The number of hydrogen-bond donors (Lipinski definition) is 3. The Morgan fingerprint density at radius 1 is 1.16 bits per heavy atom. The molecule has 2 aromatic carbocycles. The zero-order valence-electron chi connectivity index (χ0n) is 23.3. The molecule has 4 aromatic rings. The molecule has 0 unspecified atom stereocenters. The highest BCUT2D eigenvalue weighted by molar-refractivity contribution is 6.00. The van der Waals surface area contributed by atoms with Crippen molar-refractivity contribution in [2.75, 3.05) is 20.3 Å². The number of ether oxygens (including phenoxy) is 2. The minimum absolute atomic E-state index is 0.0965. The number of primary amides is 1. The number of halogens is 5. The normalized spacial score (nSPS) is 14.7. The fourth-order valence-electron chi connectivity index (χ4n) is 4.69. The minimum Gasteiger partial charge on any atom is -0.494 e. The van der Waals surface area contributed by atoms with Gasteiger partial charge in [0.15, 0.2) is 5.75 Å². The summed E-state index contributed by atoms with van der Waals surface area (Å²) < 4.78 is 85.7. The van der Waals surface area contributed by atoms with Gasteiger partial charge in [0.2, 0.25) is 5.60 Å². The minimum atomic E-state index is -5.52. The topological polar surface area (TPSA) is 142 Å². The van der Waals surface area contributed by atoms with E-state index in [0.29, 0.717) is 17.0 Å². The molecule has 2 heterocycles. The standard InChI is InChI=1S/C29H26F5N5O5/c1-3-44-25-17(26(35)40)11-21(37-24(25)22-18(30)5-4-6-19(22)31)28(42,29(32,33)34)13-36-27(41)14-9-15-12-39(16-7-8-16)38-23(15)20(10-14)43-2/h4-6,9-12,16,42H,3,7-8,13H2,1-2H3,(H2,35,40)(H,36,41)/t28-/m1/s1. The maximum atomic E-state index is 14.8. The zero-order chi connectivity index (χ0) is 32.0. The molecule has 4 N–H and O–H groups in total. The summed E-state index contributed by atoms with van der Waals surface area (Å²) in [6.45, 7) is -0.238. The van der Waals surface area contributed by atoms with Crippen molar-refractivity contribution in [3.8, 4) is 22.8 Å². The molecule has 2 amide bonds. The average Bonchev–Trinajstić information content (AvgIpc) is 3.73. The number of alkyl halides is 3. The van der Waals surface area contributed by atoms with Crippen LogP contribution in [0.15, 0.2) is 42.6 Å². The van der Waals surface area contributed by atoms with Crippen LogP contribution in [0, 0.1) is 11.6 Å². The van der Waals surface area contributed by atoms with Gasteiger partial charge in [-0.05, 0) is 50.1 Å². The number of aliphatic hydroxyl groups is 1. The second kappa shape index (κ2) is 11.4. The molecule has 1 atom stereocenters. The maximum Gasteiger partial charge on any atom is 0.424 e. The molecule has 2 aromatic heterocycles. The first-order chi connectivity index (χ1) is 20.8. The SMILES string of the molecule is CCOc1c(C(N)=O)cc([C@](O)(CNC(=O)c2cc(OC)c3nn(C4CC4)cc3c2)C(F)(F)F)nc1-c1c(F)cccc1F. The van der Waals surface area contributed by atoms with Gasteiger partial charge in [-0.15, -0.1) is 0 Å². The van der Waals surface area contributed by atoms with E-state index < -0.39 is 70.0 Å². The largest absolute Gasteiger partial charge is 0.494 e. The van der Waals surface area contributed by atoms with Crippen LogP contribution in [0.1, 0.15) is 52.2 Å². The van der Waals surface area contributed by atoms with Crippen LogP contribution in [0.5, 0.6) is 11.5 Å². The molecular weight excluding hydrogens is 593 g/mol. The van der Waals surface area contributed by atoms with Crippen molar-refractivity contribution in [2.45, 2.75) is 37.6 Å². The predicted octanol–water partition coefficient (Wildman–Crippen LogP) is 4.40. The highest BCUT2D eigenvalue weighted by atomic mass is 19.4. The summed E-state index contributed by atoms with van der Waals surface area (Å²) in [5, 5.41) is 18.1. The smallest absolute Gasteiger partial charge is 0.424 e. The van der Waals surface area contributed by atoms with E-state index in [2.05, 4.69) is 10.1 Å². The van der Waals surface area contributed by atoms with Crippen LogP contribution in [0.3, 0.4) is 0 Å². The molecule has 0 bridgehead atoms. The lowest BCUT2D eigenvalue weighted by atomic mass is 9.94. The van der Waals surface area contributed by atoms with Gasteiger partial charge < -0.3 is 25.6 Å². The van der Waals surface area contributed by atoms with Gasteiger partial charge in [-0.25, -0.2) is 13.8 Å². The molecule has 0 spiro atoms. The number of nitrogens with zero attached hydrogens (tertiary/aromatic N) is 3. The van der Waals surface area contributed by atoms with Gasteiger partial charge in [0, 0.05) is 17.1 Å². The van der Waals surface area contributed by atoms with Crippen molar-refractivity contribution in [3.63, 3.8) is 0 Å². The Balaban J connectivity index is 1.57. The highest BCUT2D eigenvalue weighted by Crippen LogP contribution is 2.43. The predicted molar refractivity (Wildman–Crippen MR) is 146 cm³/mol. The number of nitrogens with two attached hydrogens (primary N) is 1. The third kappa shape index (κ3) is 5.50. The lowest BCUT2D eigenvalue weighted by Crippen LogP contribution is -2.51. The molecule has 44 heavy (non-hydrogen) atoms. The van der Waals surface area contributed by atoms with Gasteiger partial charge in [-0.3, -0.25) is 14.3 Å². The number of carbonyl (C=O) groups excluding carboxylic acids is 2. The Morgan fingerprint density at radius 2 is 1.84 bits per heavy atom. The Labute approximate surface area is 246 Å². The summed E-state index contributed by atoms with van der Waals surface area (Å²) in [6.07, 6.45) is -1.96. The second-order valence-corrected chi connectivity index (χ2v) is 10.1. The van der Waals surface area contributed by atoms with Crippen LogP contribution >= 0.6 is 0 Å². The Bertz CT molecular complexity index is 1750. The molecule has 1 fully saturated rings. The van der Waals surface area contributed by atoms with Crippen molar-refractivity contribution in [1.82, 2.24) is 20.1 Å². The van der Waals surface area contributed by atoms with Crippen molar-refractivity contribution >= 4 is 22.7 Å². The van der Waals surface area contributed by atoms with Crippen molar-refractivity contribution in [3.05, 3.63) is 71.1 Å². The van der Waals surface area contributed by atoms with Crippen molar-refractivity contribution < 1.29 is 46.1 Å². The molecule has 10 nitrogen and oxygen atoms in total. The molecule has 0 radical (unpaired) electrons. The van der Waals surface area contributed by atoms with Gasteiger partial charge in [0.1, 0.15) is 28.6 Å². The molecular formula is C29H26F5N5O5. The van der Waals surface area contributed by atoms with Crippen LogP contribution in [-0.4, -0.2) is 58.1 Å². The molecule has 1 saturated carbocycles. The van der Waals surface area contributed by atoms with Crippen molar-refractivity contribution in [1.29, 1.82) is 0 Å². The van der Waals surface area contributed by atoms with E-state index >= 15 is 0 Å². The van der Waals surface area contributed by atoms with Crippen LogP contribution in [0.4, 0.5) is 22.0 Å². The van der Waals surface area contributed by atoms with Crippen LogP contribution in [-0.2, 0) is 5.60 Å². The number of amides is 2. The second-order valence-electron chi connectivity index (χ2n) is 10.1. The Kier molecular flexibility index (Phi) is 7.92. The van der Waals surface area contributed by atoms with Gasteiger partial charge in [-0.1, -0.05) is 6.07 Å². The number of methoxy groups -OCH3 is 1. The van der Waals surface area contributed by atoms with Crippen LogP contribution in [0.25, 0.3) is 22.2 Å². The number of nitrogens with one attached hydrogen (secondary N) is 1. The summed E-state index contributed by atoms with van der Waals surface area (Å²) in [7, 11) is 1.35. The number of aromatic nitrogens is 3. The Morgan fingerprint density at radius 3 is 2.41 bits per heavy atom. The van der Waals surface area contributed by atoms with Crippen LogP contribution in [0.2, 0.25) is 0 Å². The molecule has 15 heteroatoms. The highest BCUT2D eigenvalue weighted by Gasteiger charge is 2.57. The van der Waals surface area contributed by atoms with E-state index in [4.69, 9.17) is 15.2 Å². The van der Waals surface area contributed by atoms with E-state index in [1.165, 1.54) is 26.2 Å². The van der Waals surface area contributed by atoms with Gasteiger partial charge in [-0.2, -0.15) is 18.3 Å². The van der Waals surface area contributed by atoms with E-state index in [-0.39, 0.29) is 24.0 Å². The van der Waals surface area contributed by atoms with Gasteiger partial charge in [0.25, 0.3) is 11.8 Å². The molecule has 0 aliphatic heterocycles.